The second-order valence-corrected chi connectivity index (χ2v) is 12.5. The minimum atomic E-state index is 0.670. The standard InChI is InChI=1S/C36H69N3O/c1-6-10-14-16-19-23-33(22-18-12-8-3)31-39(5)32-34-26-27-36(38-30-34)40-29-21-28-37-35(24-13-9-4)25-20-17-15-11-7-2/h26-27,30,33,35,37H,6-25,28-29,31-32H2,1-5H3. The molecule has 0 amide bonds. The highest BCUT2D eigenvalue weighted by Crippen LogP contribution is 2.20. The topological polar surface area (TPSA) is 37.4 Å². The van der Waals surface area contributed by atoms with Crippen molar-refractivity contribution in [3.63, 3.8) is 0 Å². The molecular weight excluding hydrogens is 490 g/mol. The van der Waals surface area contributed by atoms with Gasteiger partial charge in [-0.1, -0.05) is 130 Å². The van der Waals surface area contributed by atoms with Gasteiger partial charge in [-0.15, -0.1) is 0 Å². The van der Waals surface area contributed by atoms with E-state index in [2.05, 4.69) is 62.1 Å². The van der Waals surface area contributed by atoms with Gasteiger partial charge >= 0.3 is 0 Å². The molecule has 2 atom stereocenters. The van der Waals surface area contributed by atoms with Crippen LogP contribution in [-0.2, 0) is 6.54 Å². The molecule has 0 bridgehead atoms. The van der Waals surface area contributed by atoms with Crippen LogP contribution in [0.15, 0.2) is 18.3 Å². The van der Waals surface area contributed by atoms with Crippen LogP contribution in [0, 0.1) is 5.92 Å². The molecule has 40 heavy (non-hydrogen) atoms. The average molecular weight is 560 g/mol. The third kappa shape index (κ3) is 20.7. The van der Waals surface area contributed by atoms with Gasteiger partial charge in [-0.25, -0.2) is 4.98 Å². The number of nitrogens with zero attached hydrogens (tertiary/aromatic N) is 2. The number of nitrogens with one attached hydrogen (secondary N) is 1. The van der Waals surface area contributed by atoms with E-state index in [0.29, 0.717) is 6.04 Å². The quantitative estimate of drug-likeness (QED) is 0.0991. The molecule has 1 aromatic heterocycles. The lowest BCUT2D eigenvalue weighted by molar-refractivity contribution is 0.243. The molecule has 0 saturated carbocycles. The number of rotatable bonds is 29. The van der Waals surface area contributed by atoms with Gasteiger partial charge in [0.05, 0.1) is 6.61 Å². The fraction of sp³-hybridized carbons (Fsp3) is 0.861. The number of ether oxygens (including phenoxy) is 1. The largest absolute Gasteiger partial charge is 0.478 e. The SMILES string of the molecule is CCCCCCCC(CCCCC)CN(C)Cc1ccc(OCCCNC(CCCC)CCCCCCC)nc1. The van der Waals surface area contributed by atoms with Crippen molar-refractivity contribution in [3.05, 3.63) is 23.9 Å². The lowest BCUT2D eigenvalue weighted by Gasteiger charge is -2.24. The van der Waals surface area contributed by atoms with Gasteiger partial charge in [-0.3, -0.25) is 0 Å². The molecule has 0 aliphatic rings. The molecule has 2 unspecified atom stereocenters. The molecule has 0 aliphatic carbocycles. The smallest absolute Gasteiger partial charge is 0.213 e. The lowest BCUT2D eigenvalue weighted by Crippen LogP contribution is -2.30. The van der Waals surface area contributed by atoms with E-state index >= 15 is 0 Å². The Morgan fingerprint density at radius 3 is 1.90 bits per heavy atom. The molecule has 0 aliphatic heterocycles. The number of pyridine rings is 1. The third-order valence-electron chi connectivity index (χ3n) is 8.32. The molecular formula is C36H69N3O. The third-order valence-corrected chi connectivity index (χ3v) is 8.32. The highest BCUT2D eigenvalue weighted by Gasteiger charge is 2.13. The maximum atomic E-state index is 5.98. The van der Waals surface area contributed by atoms with Crippen molar-refractivity contribution in [1.29, 1.82) is 0 Å². The maximum absolute atomic E-state index is 5.98. The number of hydrogen-bond donors (Lipinski definition) is 1. The zero-order chi connectivity index (χ0) is 29.1. The Balaban J connectivity index is 2.34. The fourth-order valence-electron chi connectivity index (χ4n) is 5.80. The van der Waals surface area contributed by atoms with Crippen molar-refractivity contribution >= 4 is 0 Å². The summed E-state index contributed by atoms with van der Waals surface area (Å²) >= 11 is 0. The van der Waals surface area contributed by atoms with E-state index in [1.54, 1.807) is 0 Å². The first-order valence-corrected chi connectivity index (χ1v) is 17.6. The van der Waals surface area contributed by atoms with Gasteiger partial charge in [-0.05, 0) is 57.2 Å². The first kappa shape index (κ1) is 36.9. The van der Waals surface area contributed by atoms with Gasteiger partial charge in [0.25, 0.3) is 0 Å². The van der Waals surface area contributed by atoms with Crippen LogP contribution in [0.5, 0.6) is 5.88 Å². The van der Waals surface area contributed by atoms with Crippen molar-refractivity contribution < 1.29 is 4.74 Å². The Morgan fingerprint density at radius 1 is 0.700 bits per heavy atom. The molecule has 0 fully saturated rings. The van der Waals surface area contributed by atoms with Crippen LogP contribution in [0.3, 0.4) is 0 Å². The molecule has 1 rings (SSSR count). The molecule has 0 aromatic carbocycles. The summed E-state index contributed by atoms with van der Waals surface area (Å²) in [5.74, 6) is 1.58. The molecule has 1 heterocycles. The van der Waals surface area contributed by atoms with Gasteiger partial charge in [0.2, 0.25) is 5.88 Å². The van der Waals surface area contributed by atoms with Crippen LogP contribution in [-0.4, -0.2) is 42.7 Å². The van der Waals surface area contributed by atoms with Crippen LogP contribution < -0.4 is 10.1 Å². The van der Waals surface area contributed by atoms with Gasteiger partial charge in [0.1, 0.15) is 0 Å². The number of unbranched alkanes of at least 4 members (excludes halogenated alkanes) is 11. The zero-order valence-corrected chi connectivity index (χ0v) is 27.7. The zero-order valence-electron chi connectivity index (χ0n) is 27.7. The van der Waals surface area contributed by atoms with Gasteiger partial charge < -0.3 is 15.0 Å². The molecule has 0 saturated heterocycles. The van der Waals surface area contributed by atoms with E-state index in [4.69, 9.17) is 4.74 Å². The average Bonchev–Trinajstić information content (AvgIpc) is 2.95. The van der Waals surface area contributed by atoms with Crippen LogP contribution in [0.25, 0.3) is 0 Å². The second-order valence-electron chi connectivity index (χ2n) is 12.5. The van der Waals surface area contributed by atoms with Gasteiger partial charge in [0, 0.05) is 31.4 Å². The molecule has 1 aromatic rings. The normalized spacial score (nSPS) is 13.2. The van der Waals surface area contributed by atoms with Crippen LogP contribution in [0.2, 0.25) is 0 Å². The predicted octanol–water partition coefficient (Wildman–Crippen LogP) is 10.3. The van der Waals surface area contributed by atoms with Crippen molar-refractivity contribution in [2.24, 2.45) is 5.92 Å². The Labute approximate surface area is 250 Å². The number of hydrogen-bond acceptors (Lipinski definition) is 4. The second kappa shape index (κ2) is 26.7. The highest BCUT2D eigenvalue weighted by molar-refractivity contribution is 5.17. The lowest BCUT2D eigenvalue weighted by atomic mass is 9.94. The highest BCUT2D eigenvalue weighted by atomic mass is 16.5. The van der Waals surface area contributed by atoms with E-state index < -0.39 is 0 Å². The summed E-state index contributed by atoms with van der Waals surface area (Å²) < 4.78 is 5.98. The summed E-state index contributed by atoms with van der Waals surface area (Å²) in [6.45, 7) is 13.1. The van der Waals surface area contributed by atoms with Crippen molar-refractivity contribution in [2.45, 2.75) is 169 Å². The number of aromatic nitrogens is 1. The van der Waals surface area contributed by atoms with Crippen molar-refractivity contribution in [2.75, 3.05) is 26.7 Å². The van der Waals surface area contributed by atoms with E-state index in [9.17, 15) is 0 Å². The van der Waals surface area contributed by atoms with Crippen molar-refractivity contribution in [3.8, 4) is 5.88 Å². The molecule has 4 nitrogen and oxygen atoms in total. The van der Waals surface area contributed by atoms with Crippen LogP contribution in [0.1, 0.15) is 162 Å². The first-order chi connectivity index (χ1) is 19.6. The summed E-state index contributed by atoms with van der Waals surface area (Å²) in [4.78, 5) is 7.12. The van der Waals surface area contributed by atoms with E-state index in [1.165, 1.54) is 134 Å². The summed E-state index contributed by atoms with van der Waals surface area (Å²) in [5.41, 5.74) is 1.28. The molecule has 1 N–H and O–H groups in total. The predicted molar refractivity (Wildman–Crippen MR) is 176 cm³/mol. The Kier molecular flexibility index (Phi) is 24.7. The molecule has 234 valence electrons. The minimum absolute atomic E-state index is 0.670. The van der Waals surface area contributed by atoms with Crippen molar-refractivity contribution in [1.82, 2.24) is 15.2 Å². The van der Waals surface area contributed by atoms with Crippen LogP contribution >= 0.6 is 0 Å². The van der Waals surface area contributed by atoms with E-state index in [-0.39, 0.29) is 0 Å². The summed E-state index contributed by atoms with van der Waals surface area (Å²) in [6, 6.07) is 4.93. The summed E-state index contributed by atoms with van der Waals surface area (Å²) in [7, 11) is 2.28. The summed E-state index contributed by atoms with van der Waals surface area (Å²) in [6.07, 6.45) is 28.9. The Bertz CT molecular complexity index is 650. The van der Waals surface area contributed by atoms with E-state index in [1.807, 2.05) is 6.20 Å². The van der Waals surface area contributed by atoms with Gasteiger partial charge in [-0.2, -0.15) is 0 Å². The Hall–Kier alpha value is -1.13. The molecule has 0 radical (unpaired) electrons. The fourth-order valence-corrected chi connectivity index (χ4v) is 5.80. The Morgan fingerprint density at radius 2 is 1.27 bits per heavy atom. The van der Waals surface area contributed by atoms with E-state index in [0.717, 1.165) is 37.9 Å². The molecule has 4 heteroatoms. The summed E-state index contributed by atoms with van der Waals surface area (Å²) in [5, 5.41) is 3.81. The van der Waals surface area contributed by atoms with Crippen LogP contribution in [0.4, 0.5) is 0 Å². The monoisotopic (exact) mass is 560 g/mol. The maximum Gasteiger partial charge on any atom is 0.213 e. The first-order valence-electron chi connectivity index (χ1n) is 17.6. The van der Waals surface area contributed by atoms with Gasteiger partial charge in [0.15, 0.2) is 0 Å². The minimum Gasteiger partial charge on any atom is -0.478 e. The molecule has 0 spiro atoms.